The average Bonchev–Trinajstić information content (AvgIpc) is 2.30. The van der Waals surface area contributed by atoms with Crippen LogP contribution in [0.5, 0.6) is 0 Å². The van der Waals surface area contributed by atoms with E-state index < -0.39 is 0 Å². The summed E-state index contributed by atoms with van der Waals surface area (Å²) < 4.78 is 0.926. The first kappa shape index (κ1) is 12.7. The molecule has 0 saturated carbocycles. The Morgan fingerprint density at radius 3 is 2.76 bits per heavy atom. The van der Waals surface area contributed by atoms with Crippen LogP contribution in [-0.2, 0) is 6.54 Å². The maximum atomic E-state index is 6.02. The molecule has 88 valence electrons. The number of benzene rings is 1. The van der Waals surface area contributed by atoms with Crippen molar-refractivity contribution in [3.05, 3.63) is 56.7 Å². The Balaban J connectivity index is 2.10. The van der Waals surface area contributed by atoms with Crippen LogP contribution in [0.4, 0.5) is 5.69 Å². The minimum absolute atomic E-state index is 0.640. The standard InChI is InChI=1S/C12H9BrCl2N2/c13-10-5-9(14)1-2-12(10)17-6-8-3-4-16-7-11(8)15/h1-5,7,17H,6H2. The highest BCUT2D eigenvalue weighted by Gasteiger charge is 2.02. The summed E-state index contributed by atoms with van der Waals surface area (Å²) in [5.41, 5.74) is 1.98. The summed E-state index contributed by atoms with van der Waals surface area (Å²) in [6.45, 7) is 0.640. The van der Waals surface area contributed by atoms with Crippen molar-refractivity contribution in [2.75, 3.05) is 5.32 Å². The summed E-state index contributed by atoms with van der Waals surface area (Å²) in [4.78, 5) is 3.94. The molecule has 0 amide bonds. The maximum absolute atomic E-state index is 6.02. The van der Waals surface area contributed by atoms with Gasteiger partial charge in [-0.25, -0.2) is 0 Å². The predicted octanol–water partition coefficient (Wildman–Crippen LogP) is 4.76. The van der Waals surface area contributed by atoms with E-state index >= 15 is 0 Å². The summed E-state index contributed by atoms with van der Waals surface area (Å²) >= 11 is 15.3. The van der Waals surface area contributed by atoms with Crippen LogP contribution < -0.4 is 5.32 Å². The Kier molecular flexibility index (Phi) is 4.26. The van der Waals surface area contributed by atoms with Crippen molar-refractivity contribution in [1.29, 1.82) is 0 Å². The molecule has 0 saturated heterocycles. The number of hydrogen-bond acceptors (Lipinski definition) is 2. The Labute approximate surface area is 118 Å². The molecular weight excluding hydrogens is 323 g/mol. The molecule has 2 rings (SSSR count). The third kappa shape index (κ3) is 3.35. The van der Waals surface area contributed by atoms with Crippen molar-refractivity contribution in [2.45, 2.75) is 6.54 Å². The monoisotopic (exact) mass is 330 g/mol. The number of hydrogen-bond donors (Lipinski definition) is 1. The molecule has 2 aromatic rings. The largest absolute Gasteiger partial charge is 0.380 e. The third-order valence-corrected chi connectivity index (χ3v) is 3.49. The molecule has 2 nitrogen and oxygen atoms in total. The first-order chi connectivity index (χ1) is 8.16. The van der Waals surface area contributed by atoms with Crippen LogP contribution in [0.15, 0.2) is 41.1 Å². The van der Waals surface area contributed by atoms with Crippen LogP contribution in [0.1, 0.15) is 5.56 Å². The molecule has 1 aromatic heterocycles. The van der Waals surface area contributed by atoms with Gasteiger partial charge < -0.3 is 5.32 Å². The van der Waals surface area contributed by atoms with E-state index in [1.54, 1.807) is 12.4 Å². The summed E-state index contributed by atoms with van der Waals surface area (Å²) in [5.74, 6) is 0. The van der Waals surface area contributed by atoms with Crippen molar-refractivity contribution in [3.63, 3.8) is 0 Å². The van der Waals surface area contributed by atoms with Gasteiger partial charge >= 0.3 is 0 Å². The molecular formula is C12H9BrCl2N2. The van der Waals surface area contributed by atoms with Gasteiger partial charge in [-0.05, 0) is 45.8 Å². The van der Waals surface area contributed by atoms with E-state index in [1.165, 1.54) is 0 Å². The number of nitrogens with one attached hydrogen (secondary N) is 1. The first-order valence-electron chi connectivity index (χ1n) is 4.94. The van der Waals surface area contributed by atoms with E-state index in [1.807, 2.05) is 24.3 Å². The second-order valence-electron chi connectivity index (χ2n) is 3.44. The molecule has 0 aliphatic heterocycles. The Hall–Kier alpha value is -0.770. The Morgan fingerprint density at radius 1 is 1.24 bits per heavy atom. The van der Waals surface area contributed by atoms with Gasteiger partial charge in [0.05, 0.1) is 5.02 Å². The number of anilines is 1. The zero-order valence-electron chi connectivity index (χ0n) is 8.75. The van der Waals surface area contributed by atoms with Crippen LogP contribution in [0.2, 0.25) is 10.0 Å². The van der Waals surface area contributed by atoms with Crippen LogP contribution in [0.3, 0.4) is 0 Å². The number of nitrogens with zero attached hydrogens (tertiary/aromatic N) is 1. The van der Waals surface area contributed by atoms with Gasteiger partial charge in [-0.2, -0.15) is 0 Å². The van der Waals surface area contributed by atoms with E-state index in [9.17, 15) is 0 Å². The number of pyridine rings is 1. The Morgan fingerprint density at radius 2 is 2.06 bits per heavy atom. The highest BCUT2D eigenvalue weighted by Crippen LogP contribution is 2.26. The van der Waals surface area contributed by atoms with Gasteiger partial charge in [0.25, 0.3) is 0 Å². The van der Waals surface area contributed by atoms with E-state index in [0.717, 1.165) is 15.7 Å². The molecule has 17 heavy (non-hydrogen) atoms. The minimum atomic E-state index is 0.640. The molecule has 1 heterocycles. The topological polar surface area (TPSA) is 24.9 Å². The first-order valence-corrected chi connectivity index (χ1v) is 6.49. The SMILES string of the molecule is Clc1ccc(NCc2ccncc2Cl)c(Br)c1. The number of halogens is 3. The normalized spacial score (nSPS) is 10.3. The molecule has 0 radical (unpaired) electrons. The molecule has 0 bridgehead atoms. The van der Waals surface area contributed by atoms with Gasteiger partial charge in [0.15, 0.2) is 0 Å². The summed E-state index contributed by atoms with van der Waals surface area (Å²) in [6, 6.07) is 7.49. The van der Waals surface area contributed by atoms with Crippen LogP contribution >= 0.6 is 39.1 Å². The van der Waals surface area contributed by atoms with E-state index in [0.29, 0.717) is 16.6 Å². The fourth-order valence-electron chi connectivity index (χ4n) is 1.37. The van der Waals surface area contributed by atoms with Gasteiger partial charge in [-0.1, -0.05) is 23.2 Å². The smallest absolute Gasteiger partial charge is 0.0639 e. The summed E-state index contributed by atoms with van der Waals surface area (Å²) in [7, 11) is 0. The lowest BCUT2D eigenvalue weighted by molar-refractivity contribution is 1.12. The quantitative estimate of drug-likeness (QED) is 0.876. The molecule has 0 unspecified atom stereocenters. The molecule has 0 aliphatic rings. The van der Waals surface area contributed by atoms with Crippen molar-refractivity contribution in [3.8, 4) is 0 Å². The zero-order valence-corrected chi connectivity index (χ0v) is 11.9. The molecule has 0 atom stereocenters. The second kappa shape index (κ2) is 5.71. The van der Waals surface area contributed by atoms with Crippen LogP contribution in [0.25, 0.3) is 0 Å². The lowest BCUT2D eigenvalue weighted by Gasteiger charge is -2.09. The molecule has 0 spiro atoms. The molecule has 0 aliphatic carbocycles. The average molecular weight is 332 g/mol. The van der Waals surface area contributed by atoms with Crippen molar-refractivity contribution >= 4 is 44.8 Å². The third-order valence-electron chi connectivity index (χ3n) is 2.26. The highest BCUT2D eigenvalue weighted by atomic mass is 79.9. The lowest BCUT2D eigenvalue weighted by atomic mass is 10.2. The zero-order chi connectivity index (χ0) is 12.3. The van der Waals surface area contributed by atoms with Gasteiger partial charge in [-0.15, -0.1) is 0 Å². The molecule has 1 aromatic carbocycles. The van der Waals surface area contributed by atoms with Gasteiger partial charge in [0.2, 0.25) is 0 Å². The van der Waals surface area contributed by atoms with Gasteiger partial charge in [0.1, 0.15) is 0 Å². The fraction of sp³-hybridized carbons (Fsp3) is 0.0833. The molecule has 1 N–H and O–H groups in total. The van der Waals surface area contributed by atoms with E-state index in [4.69, 9.17) is 23.2 Å². The summed E-state index contributed by atoms with van der Waals surface area (Å²) in [5, 5.41) is 4.64. The molecule has 0 fully saturated rings. The van der Waals surface area contributed by atoms with Crippen LogP contribution in [-0.4, -0.2) is 4.98 Å². The second-order valence-corrected chi connectivity index (χ2v) is 5.14. The van der Waals surface area contributed by atoms with Crippen molar-refractivity contribution in [1.82, 2.24) is 4.98 Å². The van der Waals surface area contributed by atoms with Gasteiger partial charge in [0, 0.05) is 34.1 Å². The summed E-state index contributed by atoms with van der Waals surface area (Å²) in [6.07, 6.45) is 3.36. The van der Waals surface area contributed by atoms with Crippen molar-refractivity contribution in [2.24, 2.45) is 0 Å². The van der Waals surface area contributed by atoms with Crippen LogP contribution in [0, 0.1) is 0 Å². The molecule has 5 heteroatoms. The highest BCUT2D eigenvalue weighted by molar-refractivity contribution is 9.10. The van der Waals surface area contributed by atoms with Gasteiger partial charge in [-0.3, -0.25) is 4.98 Å². The number of rotatable bonds is 3. The van der Waals surface area contributed by atoms with Crippen molar-refractivity contribution < 1.29 is 0 Å². The van der Waals surface area contributed by atoms with E-state index in [-0.39, 0.29) is 0 Å². The Bertz CT molecular complexity index is 532. The number of aromatic nitrogens is 1. The maximum Gasteiger partial charge on any atom is 0.0639 e. The minimum Gasteiger partial charge on any atom is -0.380 e. The van der Waals surface area contributed by atoms with E-state index in [2.05, 4.69) is 26.2 Å². The lowest BCUT2D eigenvalue weighted by Crippen LogP contribution is -2.00. The fourth-order valence-corrected chi connectivity index (χ4v) is 2.38. The predicted molar refractivity (Wildman–Crippen MR) is 75.7 cm³/mol.